The second kappa shape index (κ2) is 9.66. The molecule has 4 rings (SSSR count). The highest BCUT2D eigenvalue weighted by Gasteiger charge is 2.30. The molecular formula is C23H27ClN4O3. The molecule has 2 aliphatic rings. The number of anilines is 1. The summed E-state index contributed by atoms with van der Waals surface area (Å²) in [6, 6.07) is 8.91. The van der Waals surface area contributed by atoms with Crippen molar-refractivity contribution in [3.63, 3.8) is 0 Å². The molecule has 7 nitrogen and oxygen atoms in total. The summed E-state index contributed by atoms with van der Waals surface area (Å²) >= 11 is 6.16. The molecule has 0 unspecified atom stereocenters. The highest BCUT2D eigenvalue weighted by Crippen LogP contribution is 2.39. The van der Waals surface area contributed by atoms with Gasteiger partial charge in [-0.2, -0.15) is 0 Å². The van der Waals surface area contributed by atoms with Crippen molar-refractivity contribution in [1.29, 1.82) is 0 Å². The Bertz CT molecular complexity index is 968. The van der Waals surface area contributed by atoms with Crippen molar-refractivity contribution in [2.45, 2.75) is 38.6 Å². The minimum atomic E-state index is -0.346. The highest BCUT2D eigenvalue weighted by atomic mass is 35.5. The van der Waals surface area contributed by atoms with Crippen LogP contribution < -0.4 is 15.0 Å². The van der Waals surface area contributed by atoms with Crippen molar-refractivity contribution in [3.05, 3.63) is 47.1 Å². The van der Waals surface area contributed by atoms with Crippen molar-refractivity contribution in [3.8, 4) is 11.6 Å². The van der Waals surface area contributed by atoms with Crippen molar-refractivity contribution < 1.29 is 14.3 Å². The third-order valence-corrected chi connectivity index (χ3v) is 6.09. The number of piperidine rings is 1. The number of nitrogens with zero attached hydrogens (tertiary/aromatic N) is 3. The lowest BCUT2D eigenvalue weighted by Crippen LogP contribution is -2.42. The van der Waals surface area contributed by atoms with Crippen LogP contribution in [0.2, 0.25) is 5.02 Å². The number of hydrogen-bond donors (Lipinski definition) is 1. The minimum absolute atomic E-state index is 0.121. The number of fused-ring (bicyclic) bond motifs is 2. The summed E-state index contributed by atoms with van der Waals surface area (Å²) in [4.78, 5) is 33.9. The van der Waals surface area contributed by atoms with E-state index in [0.717, 1.165) is 19.5 Å². The van der Waals surface area contributed by atoms with Gasteiger partial charge in [0.05, 0.1) is 5.69 Å². The number of rotatable bonds is 6. The maximum Gasteiger partial charge on any atom is 0.264 e. The molecule has 31 heavy (non-hydrogen) atoms. The lowest BCUT2D eigenvalue weighted by molar-refractivity contribution is -0.119. The van der Waals surface area contributed by atoms with Gasteiger partial charge in [-0.1, -0.05) is 18.0 Å². The molecule has 2 aliphatic heterocycles. The van der Waals surface area contributed by atoms with Gasteiger partial charge in [0.2, 0.25) is 11.8 Å². The van der Waals surface area contributed by atoms with Gasteiger partial charge in [0, 0.05) is 30.4 Å². The minimum Gasteiger partial charge on any atom is -0.436 e. The molecule has 3 heterocycles. The molecule has 164 valence electrons. The molecule has 0 spiro atoms. The SMILES string of the molecule is C[C@H]1CCCCN1CCCNC(=O)CN1C(=O)c2cccnc2Oc2ccc(Cl)cc21. The Morgan fingerprint density at radius 1 is 1.32 bits per heavy atom. The predicted octanol–water partition coefficient (Wildman–Crippen LogP) is 3.87. The van der Waals surface area contributed by atoms with E-state index in [4.69, 9.17) is 16.3 Å². The standard InChI is InChI=1S/C23H27ClN4O3/c1-16-6-2-3-12-27(16)13-5-11-25-21(29)15-28-19-14-17(24)8-9-20(19)31-22-18(23(28)30)7-4-10-26-22/h4,7-10,14,16H,2-3,5-6,11-13,15H2,1H3,(H,25,29)/t16-/m0/s1. The van der Waals surface area contributed by atoms with E-state index in [0.29, 0.717) is 34.6 Å². The molecule has 8 heteroatoms. The molecular weight excluding hydrogens is 416 g/mol. The Morgan fingerprint density at radius 3 is 3.03 bits per heavy atom. The summed E-state index contributed by atoms with van der Waals surface area (Å²) in [5.41, 5.74) is 0.759. The molecule has 1 saturated heterocycles. The molecule has 0 saturated carbocycles. The molecule has 1 atom stereocenters. The van der Waals surface area contributed by atoms with E-state index < -0.39 is 0 Å². The third-order valence-electron chi connectivity index (χ3n) is 5.85. The van der Waals surface area contributed by atoms with Gasteiger partial charge >= 0.3 is 0 Å². The van der Waals surface area contributed by atoms with Crippen LogP contribution in [0.5, 0.6) is 11.6 Å². The van der Waals surface area contributed by atoms with Gasteiger partial charge in [-0.15, -0.1) is 0 Å². The van der Waals surface area contributed by atoms with Gasteiger partial charge in [-0.3, -0.25) is 14.5 Å². The van der Waals surface area contributed by atoms with Crippen molar-refractivity contribution in [1.82, 2.24) is 15.2 Å². The number of pyridine rings is 1. The Morgan fingerprint density at radius 2 is 2.19 bits per heavy atom. The molecule has 1 N–H and O–H groups in total. The fourth-order valence-corrected chi connectivity index (χ4v) is 4.30. The van der Waals surface area contributed by atoms with Gasteiger partial charge in [-0.05, 0) is 63.1 Å². The average molecular weight is 443 g/mol. The summed E-state index contributed by atoms with van der Waals surface area (Å²) in [5, 5.41) is 3.40. The predicted molar refractivity (Wildman–Crippen MR) is 120 cm³/mol. The van der Waals surface area contributed by atoms with Crippen molar-refractivity contribution in [2.75, 3.05) is 31.1 Å². The van der Waals surface area contributed by atoms with Crippen molar-refractivity contribution >= 4 is 29.1 Å². The molecule has 2 amide bonds. The van der Waals surface area contributed by atoms with Crippen LogP contribution in [-0.4, -0.2) is 53.9 Å². The van der Waals surface area contributed by atoms with Crippen LogP contribution in [0.15, 0.2) is 36.5 Å². The van der Waals surface area contributed by atoms with Crippen molar-refractivity contribution in [2.24, 2.45) is 0 Å². The maximum atomic E-state index is 13.2. The highest BCUT2D eigenvalue weighted by molar-refractivity contribution is 6.31. The molecule has 1 fully saturated rings. The summed E-state index contributed by atoms with van der Waals surface area (Å²) in [7, 11) is 0. The summed E-state index contributed by atoms with van der Waals surface area (Å²) in [5.74, 6) is 0.0800. The second-order valence-electron chi connectivity index (χ2n) is 8.05. The Balaban J connectivity index is 1.42. The third kappa shape index (κ3) is 4.99. The zero-order valence-electron chi connectivity index (χ0n) is 17.6. The second-order valence-corrected chi connectivity index (χ2v) is 8.48. The maximum absolute atomic E-state index is 13.2. The first-order valence-corrected chi connectivity index (χ1v) is 11.2. The molecule has 1 aromatic heterocycles. The average Bonchev–Trinajstić information content (AvgIpc) is 2.87. The number of carbonyl (C=O) groups excluding carboxylic acids is 2. The van der Waals surface area contributed by atoms with Crippen LogP contribution in [0.3, 0.4) is 0 Å². The van der Waals surface area contributed by atoms with E-state index in [9.17, 15) is 9.59 Å². The summed E-state index contributed by atoms with van der Waals surface area (Å²) in [6.45, 7) is 4.81. The lowest BCUT2D eigenvalue weighted by atomic mass is 10.0. The van der Waals surface area contributed by atoms with Crippen LogP contribution in [0.1, 0.15) is 43.0 Å². The first-order chi connectivity index (χ1) is 15.0. The zero-order chi connectivity index (χ0) is 21.8. The molecule has 0 aliphatic carbocycles. The first kappa shape index (κ1) is 21.6. The van der Waals surface area contributed by atoms with Crippen LogP contribution in [-0.2, 0) is 4.79 Å². The van der Waals surface area contributed by atoms with Crippen LogP contribution >= 0.6 is 11.6 Å². The number of hydrogen-bond acceptors (Lipinski definition) is 5. The number of amides is 2. The van der Waals surface area contributed by atoms with Gasteiger partial charge in [0.1, 0.15) is 12.1 Å². The smallest absolute Gasteiger partial charge is 0.264 e. The van der Waals surface area contributed by atoms with Gasteiger partial charge in [-0.25, -0.2) is 4.98 Å². The number of carbonyl (C=O) groups is 2. The fourth-order valence-electron chi connectivity index (χ4n) is 4.14. The van der Waals surface area contributed by atoms with Crippen LogP contribution in [0, 0.1) is 0 Å². The van der Waals surface area contributed by atoms with E-state index >= 15 is 0 Å². The topological polar surface area (TPSA) is 74.8 Å². The van der Waals surface area contributed by atoms with E-state index in [1.54, 1.807) is 36.5 Å². The Hall–Kier alpha value is -2.64. The van der Waals surface area contributed by atoms with E-state index in [-0.39, 0.29) is 24.2 Å². The number of likely N-dealkylation sites (tertiary alicyclic amines) is 1. The quantitative estimate of drug-likeness (QED) is 0.687. The van der Waals surface area contributed by atoms with Gasteiger partial charge in [0.15, 0.2) is 5.75 Å². The van der Waals surface area contributed by atoms with Gasteiger partial charge in [0.25, 0.3) is 5.91 Å². The van der Waals surface area contributed by atoms with Crippen LogP contribution in [0.4, 0.5) is 5.69 Å². The number of ether oxygens (including phenoxy) is 1. The van der Waals surface area contributed by atoms with Gasteiger partial charge < -0.3 is 15.0 Å². The fraction of sp³-hybridized carbons (Fsp3) is 0.435. The van der Waals surface area contributed by atoms with E-state index in [1.165, 1.54) is 24.2 Å². The number of nitrogens with one attached hydrogen (secondary N) is 1. The van der Waals surface area contributed by atoms with E-state index in [2.05, 4.69) is 22.1 Å². The molecule has 1 aromatic carbocycles. The van der Waals surface area contributed by atoms with E-state index in [1.807, 2.05) is 0 Å². The summed E-state index contributed by atoms with van der Waals surface area (Å²) < 4.78 is 5.85. The molecule has 2 aromatic rings. The molecule has 0 bridgehead atoms. The first-order valence-electron chi connectivity index (χ1n) is 10.8. The Kier molecular flexibility index (Phi) is 6.73. The Labute approximate surface area is 187 Å². The zero-order valence-corrected chi connectivity index (χ0v) is 18.4. The largest absolute Gasteiger partial charge is 0.436 e. The lowest BCUT2D eigenvalue weighted by Gasteiger charge is -2.33. The number of benzene rings is 1. The molecule has 0 radical (unpaired) electrons. The monoisotopic (exact) mass is 442 g/mol. The van der Waals surface area contributed by atoms with Crippen LogP contribution in [0.25, 0.3) is 0 Å². The summed E-state index contributed by atoms with van der Waals surface area (Å²) in [6.07, 6.45) is 6.22. The normalized spacial score (nSPS) is 18.6. The number of aromatic nitrogens is 1. The number of halogens is 1.